The van der Waals surface area contributed by atoms with Gasteiger partial charge in [0, 0.05) is 16.6 Å². The van der Waals surface area contributed by atoms with Crippen LogP contribution in [-0.2, 0) is 0 Å². The van der Waals surface area contributed by atoms with E-state index in [9.17, 15) is 4.39 Å². The first-order valence-corrected chi connectivity index (χ1v) is 6.35. The van der Waals surface area contributed by atoms with Gasteiger partial charge in [0.1, 0.15) is 17.3 Å². The van der Waals surface area contributed by atoms with E-state index in [1.165, 1.54) is 6.07 Å². The lowest BCUT2D eigenvalue weighted by Crippen LogP contribution is -2.09. The minimum Gasteiger partial charge on any atom is -0.457 e. The van der Waals surface area contributed by atoms with E-state index in [2.05, 4.69) is 0 Å². The third-order valence-corrected chi connectivity index (χ3v) is 3.07. The third-order valence-electron chi connectivity index (χ3n) is 2.84. The summed E-state index contributed by atoms with van der Waals surface area (Å²) in [6.07, 6.45) is 0. The molecular formula is C15H15ClFNO. The maximum atomic E-state index is 13.8. The van der Waals surface area contributed by atoms with E-state index in [1.54, 1.807) is 31.2 Å². The minimum absolute atomic E-state index is 0.363. The van der Waals surface area contributed by atoms with Gasteiger partial charge in [-0.1, -0.05) is 23.7 Å². The van der Waals surface area contributed by atoms with Crippen molar-refractivity contribution in [2.45, 2.75) is 19.9 Å². The van der Waals surface area contributed by atoms with Crippen LogP contribution in [-0.4, -0.2) is 0 Å². The maximum absolute atomic E-state index is 13.8. The van der Waals surface area contributed by atoms with Crippen molar-refractivity contribution in [2.75, 3.05) is 0 Å². The molecule has 0 aliphatic rings. The van der Waals surface area contributed by atoms with Crippen molar-refractivity contribution in [1.29, 1.82) is 0 Å². The normalized spacial score (nSPS) is 12.3. The zero-order valence-corrected chi connectivity index (χ0v) is 11.5. The largest absolute Gasteiger partial charge is 0.457 e. The second-order valence-electron chi connectivity index (χ2n) is 4.45. The van der Waals surface area contributed by atoms with Crippen LogP contribution >= 0.6 is 11.6 Å². The molecule has 100 valence electrons. The molecule has 0 radical (unpaired) electrons. The second-order valence-corrected chi connectivity index (χ2v) is 4.89. The average Bonchev–Trinajstić information content (AvgIpc) is 2.33. The summed E-state index contributed by atoms with van der Waals surface area (Å²) in [7, 11) is 0. The Morgan fingerprint density at radius 2 is 1.95 bits per heavy atom. The van der Waals surface area contributed by atoms with Crippen molar-refractivity contribution in [2.24, 2.45) is 5.73 Å². The summed E-state index contributed by atoms with van der Waals surface area (Å²) >= 11 is 5.94. The average molecular weight is 280 g/mol. The molecule has 19 heavy (non-hydrogen) atoms. The van der Waals surface area contributed by atoms with Crippen LogP contribution in [0, 0.1) is 12.7 Å². The van der Waals surface area contributed by atoms with Crippen LogP contribution in [0.4, 0.5) is 4.39 Å². The van der Waals surface area contributed by atoms with E-state index >= 15 is 0 Å². The van der Waals surface area contributed by atoms with Gasteiger partial charge in [0.2, 0.25) is 0 Å². The van der Waals surface area contributed by atoms with Crippen molar-refractivity contribution in [3.05, 3.63) is 58.4 Å². The second kappa shape index (κ2) is 5.59. The van der Waals surface area contributed by atoms with E-state index in [1.807, 2.05) is 13.0 Å². The molecule has 0 aliphatic carbocycles. The highest BCUT2D eigenvalue weighted by Crippen LogP contribution is 2.33. The first-order chi connectivity index (χ1) is 8.99. The summed E-state index contributed by atoms with van der Waals surface area (Å²) in [4.78, 5) is 0. The van der Waals surface area contributed by atoms with Crippen LogP contribution in [0.25, 0.3) is 0 Å². The van der Waals surface area contributed by atoms with E-state index in [4.69, 9.17) is 22.1 Å². The van der Waals surface area contributed by atoms with Gasteiger partial charge in [-0.2, -0.15) is 0 Å². The maximum Gasteiger partial charge on any atom is 0.135 e. The Bertz CT molecular complexity index is 599. The number of ether oxygens (including phenoxy) is 1. The van der Waals surface area contributed by atoms with Gasteiger partial charge in [0.05, 0.1) is 0 Å². The Morgan fingerprint density at radius 1 is 1.21 bits per heavy atom. The van der Waals surface area contributed by atoms with Crippen LogP contribution in [0.1, 0.15) is 24.1 Å². The van der Waals surface area contributed by atoms with E-state index in [-0.39, 0.29) is 5.82 Å². The number of hydrogen-bond donors (Lipinski definition) is 1. The highest BCUT2D eigenvalue weighted by atomic mass is 35.5. The van der Waals surface area contributed by atoms with E-state index < -0.39 is 6.04 Å². The molecule has 2 aromatic rings. The molecule has 0 heterocycles. The fraction of sp³-hybridized carbons (Fsp3) is 0.200. The highest BCUT2D eigenvalue weighted by molar-refractivity contribution is 6.30. The Labute approximate surface area is 117 Å². The molecule has 0 saturated carbocycles. The summed E-state index contributed by atoms with van der Waals surface area (Å²) in [5.74, 6) is 0.646. The number of hydrogen-bond acceptors (Lipinski definition) is 2. The fourth-order valence-corrected chi connectivity index (χ4v) is 2.01. The lowest BCUT2D eigenvalue weighted by atomic mass is 10.1. The fourth-order valence-electron chi connectivity index (χ4n) is 1.85. The van der Waals surface area contributed by atoms with Gasteiger partial charge >= 0.3 is 0 Å². The molecule has 0 amide bonds. The zero-order chi connectivity index (χ0) is 14.0. The van der Waals surface area contributed by atoms with Crippen molar-refractivity contribution in [3.63, 3.8) is 0 Å². The Kier molecular flexibility index (Phi) is 4.08. The summed E-state index contributed by atoms with van der Waals surface area (Å²) < 4.78 is 19.6. The molecule has 4 heteroatoms. The predicted octanol–water partition coefficient (Wildman–Crippen LogP) is 4.60. The van der Waals surface area contributed by atoms with Gasteiger partial charge < -0.3 is 10.5 Å². The lowest BCUT2D eigenvalue weighted by Gasteiger charge is -2.15. The van der Waals surface area contributed by atoms with Crippen molar-refractivity contribution >= 4 is 11.6 Å². The molecule has 0 saturated heterocycles. The molecule has 0 aromatic heterocycles. The minimum atomic E-state index is -0.448. The molecule has 1 unspecified atom stereocenters. The molecule has 2 N–H and O–H groups in total. The Hall–Kier alpha value is -1.58. The predicted molar refractivity (Wildman–Crippen MR) is 75.3 cm³/mol. The third kappa shape index (κ3) is 3.06. The van der Waals surface area contributed by atoms with Gasteiger partial charge in [-0.25, -0.2) is 4.39 Å². The monoisotopic (exact) mass is 279 g/mol. The molecule has 0 aliphatic heterocycles. The number of nitrogens with two attached hydrogens (primary N) is 1. The Balaban J connectivity index is 2.44. The molecule has 2 nitrogen and oxygen atoms in total. The van der Waals surface area contributed by atoms with Gasteiger partial charge in [-0.15, -0.1) is 0 Å². The number of halogens is 2. The summed E-state index contributed by atoms with van der Waals surface area (Å²) in [6.45, 7) is 3.62. The van der Waals surface area contributed by atoms with Crippen molar-refractivity contribution < 1.29 is 9.13 Å². The zero-order valence-electron chi connectivity index (χ0n) is 10.8. The van der Waals surface area contributed by atoms with Gasteiger partial charge in [0.25, 0.3) is 0 Å². The molecule has 2 aromatic carbocycles. The Morgan fingerprint density at radius 3 is 2.63 bits per heavy atom. The van der Waals surface area contributed by atoms with E-state index in [0.29, 0.717) is 22.1 Å². The summed E-state index contributed by atoms with van der Waals surface area (Å²) in [5.41, 5.74) is 7.07. The number of benzene rings is 2. The standard InChI is InChI=1S/C15H15ClFNO/c1-9-6-7-11(16)8-14(9)19-13-5-3-4-12(17)15(13)10(2)18/h3-8,10H,18H2,1-2H3. The van der Waals surface area contributed by atoms with Gasteiger partial charge in [-0.05, 0) is 43.7 Å². The van der Waals surface area contributed by atoms with Gasteiger partial charge in [0.15, 0.2) is 0 Å². The first-order valence-electron chi connectivity index (χ1n) is 5.97. The molecule has 0 bridgehead atoms. The molecule has 0 spiro atoms. The van der Waals surface area contributed by atoms with Crippen LogP contribution < -0.4 is 10.5 Å². The van der Waals surface area contributed by atoms with Crippen LogP contribution in [0.2, 0.25) is 5.02 Å². The first kappa shape index (κ1) is 13.8. The summed E-state index contributed by atoms with van der Waals surface area (Å²) in [5, 5.41) is 0.569. The van der Waals surface area contributed by atoms with E-state index in [0.717, 1.165) is 5.56 Å². The smallest absolute Gasteiger partial charge is 0.135 e. The van der Waals surface area contributed by atoms with Crippen molar-refractivity contribution in [1.82, 2.24) is 0 Å². The lowest BCUT2D eigenvalue weighted by molar-refractivity contribution is 0.458. The van der Waals surface area contributed by atoms with Crippen LogP contribution in [0.5, 0.6) is 11.5 Å². The molecule has 2 rings (SSSR count). The molecular weight excluding hydrogens is 265 g/mol. The molecule has 1 atom stereocenters. The topological polar surface area (TPSA) is 35.2 Å². The number of rotatable bonds is 3. The highest BCUT2D eigenvalue weighted by Gasteiger charge is 2.15. The number of aryl methyl sites for hydroxylation is 1. The van der Waals surface area contributed by atoms with Crippen LogP contribution in [0.3, 0.4) is 0 Å². The molecule has 0 fully saturated rings. The van der Waals surface area contributed by atoms with Gasteiger partial charge in [-0.3, -0.25) is 0 Å². The van der Waals surface area contributed by atoms with Crippen molar-refractivity contribution in [3.8, 4) is 11.5 Å². The quantitative estimate of drug-likeness (QED) is 0.891. The SMILES string of the molecule is Cc1ccc(Cl)cc1Oc1cccc(F)c1C(C)N. The van der Waals surface area contributed by atoms with Crippen LogP contribution in [0.15, 0.2) is 36.4 Å². The summed E-state index contributed by atoms with van der Waals surface area (Å²) in [6, 6.07) is 9.54.